The number of allylic oxidation sites excluding steroid dienone is 3. The summed E-state index contributed by atoms with van der Waals surface area (Å²) in [5.41, 5.74) is -0.236. The number of rotatable bonds is 18. The molecule has 10 nitrogen and oxygen atoms in total. The third kappa shape index (κ3) is 33.1. The van der Waals surface area contributed by atoms with Crippen molar-refractivity contribution in [1.82, 2.24) is 25.6 Å². The molecule has 13 heteroatoms. The smallest absolute Gasteiger partial charge is 0.839 e. The maximum Gasteiger partial charge on any atom is 1.00 e. The fraction of sp³-hybridized carbons (Fsp3) is 0.771. The number of carboxylic acid groups (broad SMARTS) is 1. The van der Waals surface area contributed by atoms with Gasteiger partial charge < -0.3 is 31.5 Å². The predicted octanol–water partition coefficient (Wildman–Crippen LogP) is 2.66. The number of thioether (sulfide) groups is 1. The van der Waals surface area contributed by atoms with Gasteiger partial charge in [-0.3, -0.25) is 4.79 Å². The molecule has 1 aliphatic heterocycles. The molecule has 5 atom stereocenters. The van der Waals surface area contributed by atoms with E-state index in [-0.39, 0.29) is 68.8 Å². The Kier molecular flexibility index (Phi) is 41.8. The Morgan fingerprint density at radius 3 is 2.23 bits per heavy atom. The van der Waals surface area contributed by atoms with E-state index < -0.39 is 35.8 Å². The van der Waals surface area contributed by atoms with Gasteiger partial charge in [-0.2, -0.15) is 0 Å². The van der Waals surface area contributed by atoms with Gasteiger partial charge in [-0.05, 0) is 63.3 Å². The van der Waals surface area contributed by atoms with E-state index in [1.165, 1.54) is 45.1 Å². The summed E-state index contributed by atoms with van der Waals surface area (Å²) in [6.45, 7) is 17.8. The first-order chi connectivity index (χ1) is 22.2. The van der Waals surface area contributed by atoms with Gasteiger partial charge in [0.05, 0.1) is 11.0 Å². The summed E-state index contributed by atoms with van der Waals surface area (Å²) in [6, 6.07) is -0.426. The summed E-state index contributed by atoms with van der Waals surface area (Å²) >= 11 is 1.61. The van der Waals surface area contributed by atoms with E-state index in [0.717, 1.165) is 12.5 Å². The van der Waals surface area contributed by atoms with Crippen LogP contribution in [0.25, 0.3) is 0 Å². The van der Waals surface area contributed by atoms with Gasteiger partial charge in [-0.25, -0.2) is 13.3 Å². The van der Waals surface area contributed by atoms with Crippen LogP contribution in [-0.4, -0.2) is 89.7 Å². The Morgan fingerprint density at radius 2 is 1.81 bits per heavy atom. The van der Waals surface area contributed by atoms with Crippen LogP contribution >= 0.6 is 11.8 Å². The molecule has 0 saturated carbocycles. The van der Waals surface area contributed by atoms with Crippen LogP contribution in [0.4, 0.5) is 4.79 Å². The molecule has 1 saturated heterocycles. The van der Waals surface area contributed by atoms with E-state index in [4.69, 9.17) is 5.11 Å². The zero-order valence-electron chi connectivity index (χ0n) is 32.4. The minimum Gasteiger partial charge on any atom is -0.839 e. The second-order valence-corrected chi connectivity index (χ2v) is 14.3. The van der Waals surface area contributed by atoms with Gasteiger partial charge in [0.15, 0.2) is 0 Å². The summed E-state index contributed by atoms with van der Waals surface area (Å²) in [5, 5.41) is 32.5. The summed E-state index contributed by atoms with van der Waals surface area (Å²) < 4.78 is 13.7. The first-order valence-corrected chi connectivity index (χ1v) is 19.9. The predicted molar refractivity (Wildman–Crippen MR) is 203 cm³/mol. The van der Waals surface area contributed by atoms with Crippen molar-refractivity contribution >= 4 is 34.7 Å². The molecular formula is C35H70KN5O5S2. The zero-order valence-corrected chi connectivity index (χ0v) is 37.2. The van der Waals surface area contributed by atoms with Gasteiger partial charge in [-0.15, -0.1) is 11.8 Å². The second-order valence-electron chi connectivity index (χ2n) is 12.2. The number of carbonyl (C=O) groups excluding carboxylic acids is 1. The Balaban J connectivity index is -0.000000333. The average Bonchev–Trinajstić information content (AvgIpc) is 3.49. The maximum atomic E-state index is 11.9. The summed E-state index contributed by atoms with van der Waals surface area (Å²) in [5.74, 6) is -0.751. The summed E-state index contributed by atoms with van der Waals surface area (Å²) in [7, 11) is 0.520. The van der Waals surface area contributed by atoms with E-state index in [9.17, 15) is 18.9 Å². The fourth-order valence-corrected chi connectivity index (χ4v) is 5.16. The number of likely N-dealkylation sites (N-methyl/N-ethyl adjacent to an activating group) is 1. The Labute approximate surface area is 344 Å². The SMILES string of the molecule is CC.CCCCCC/C=C\C(C)C(NC)C(=O)O.CS/C=C\C=C\CN(C[C@@H](NC(=O)NC[O-])C(C)(C)C)S(C)=O.C[C@@H]1CCCN1.[K+]. The third-order valence-corrected chi connectivity index (χ3v) is 8.63. The Hall–Kier alpha value is -0.0636. The van der Waals surface area contributed by atoms with Crippen LogP contribution in [0.15, 0.2) is 35.8 Å². The molecule has 0 aromatic carbocycles. The van der Waals surface area contributed by atoms with Gasteiger partial charge in [0, 0.05) is 37.3 Å². The van der Waals surface area contributed by atoms with Crippen molar-refractivity contribution < 1.29 is 75.4 Å². The molecule has 0 bridgehead atoms. The van der Waals surface area contributed by atoms with Crippen LogP contribution in [0.5, 0.6) is 0 Å². The summed E-state index contributed by atoms with van der Waals surface area (Å²) in [4.78, 5) is 22.5. The van der Waals surface area contributed by atoms with E-state index in [1.807, 2.05) is 77.5 Å². The molecule has 3 unspecified atom stereocenters. The minimum atomic E-state index is -1.17. The van der Waals surface area contributed by atoms with E-state index in [0.29, 0.717) is 13.1 Å². The molecule has 1 aliphatic rings. The van der Waals surface area contributed by atoms with Crippen LogP contribution in [0, 0.1) is 11.3 Å². The molecular weight excluding hydrogens is 674 g/mol. The van der Waals surface area contributed by atoms with Gasteiger partial charge >= 0.3 is 63.4 Å². The van der Waals surface area contributed by atoms with Crippen LogP contribution < -0.4 is 77.8 Å². The first kappa shape index (κ1) is 54.7. The Morgan fingerprint density at radius 1 is 1.17 bits per heavy atom. The largest absolute Gasteiger partial charge is 1.00 e. The van der Waals surface area contributed by atoms with Crippen molar-refractivity contribution in [3.63, 3.8) is 0 Å². The van der Waals surface area contributed by atoms with Crippen molar-refractivity contribution in [2.75, 3.05) is 45.9 Å². The Bertz CT molecular complexity index is 882. The number of hydrogen-bond acceptors (Lipinski definition) is 7. The van der Waals surface area contributed by atoms with Crippen LogP contribution in [0.2, 0.25) is 0 Å². The third-order valence-electron chi connectivity index (χ3n) is 7.18. The quantitative estimate of drug-likeness (QED) is 0.0474. The van der Waals surface area contributed by atoms with E-state index in [1.54, 1.807) is 29.4 Å². The molecule has 0 aromatic rings. The van der Waals surface area contributed by atoms with Crippen molar-refractivity contribution in [2.24, 2.45) is 11.3 Å². The number of carboxylic acids is 1. The molecule has 0 aromatic heterocycles. The van der Waals surface area contributed by atoms with Crippen molar-refractivity contribution in [1.29, 1.82) is 0 Å². The van der Waals surface area contributed by atoms with Crippen LogP contribution in [-0.2, 0) is 15.8 Å². The van der Waals surface area contributed by atoms with E-state index >= 15 is 0 Å². The normalized spacial score (nSPS) is 16.8. The molecule has 0 aliphatic carbocycles. The summed E-state index contributed by atoms with van der Waals surface area (Å²) in [6.07, 6.45) is 22.3. The van der Waals surface area contributed by atoms with Crippen molar-refractivity contribution in [3.8, 4) is 0 Å². The van der Waals surface area contributed by atoms with Gasteiger partial charge in [0.1, 0.15) is 6.04 Å². The fourth-order valence-electron chi connectivity index (χ4n) is 4.26. The van der Waals surface area contributed by atoms with Crippen LogP contribution in [0.3, 0.4) is 0 Å². The first-order valence-electron chi connectivity index (χ1n) is 17.1. The number of hydrogen-bond donors (Lipinski definition) is 5. The van der Waals surface area contributed by atoms with E-state index in [2.05, 4.69) is 41.2 Å². The standard InChI is InChI=1S/C15H28N3O3S2.C13H25NO2.C5H11N.C2H6.K/c1-15(2,3)13(17-14(20)16-12-19)11-18(23(5)21)9-7-6-8-10-22-4;1-4-5-6-7-8-9-10-11(2)12(14-3)13(15)16;1-5-3-2-4-6-5;1-2;/h6-8,10,13H,9,11-12H2,1-5H3,(H2,16,17,20);9-12,14H,4-8H2,1-3H3,(H,15,16);5-6H,2-4H2,1H3;1-2H3;/q-1;;;;+1/b7-6+,10-8-;10-9-;;;/t13-,23?;;5-;;/m1.1../s1. The topological polar surface area (TPSA) is 146 Å². The molecule has 1 fully saturated rings. The average molecular weight is 744 g/mol. The van der Waals surface area contributed by atoms with Gasteiger partial charge in [0.2, 0.25) is 0 Å². The molecule has 1 heterocycles. The number of nitrogens with zero attached hydrogens (tertiary/aromatic N) is 1. The molecule has 48 heavy (non-hydrogen) atoms. The maximum absolute atomic E-state index is 11.9. The molecule has 0 spiro atoms. The van der Waals surface area contributed by atoms with Gasteiger partial charge in [-0.1, -0.05) is 105 Å². The zero-order chi connectivity index (χ0) is 36.7. The van der Waals surface area contributed by atoms with Crippen LogP contribution in [0.1, 0.15) is 100 Å². The van der Waals surface area contributed by atoms with Crippen molar-refractivity contribution in [2.45, 2.75) is 118 Å². The number of aliphatic carboxylic acids is 1. The molecule has 278 valence electrons. The number of amides is 2. The molecule has 1 rings (SSSR count). The number of carbonyl (C=O) groups is 2. The number of unbranched alkanes of at least 4 members (excludes halogenated alkanes) is 4. The molecule has 0 radical (unpaired) electrons. The monoisotopic (exact) mass is 743 g/mol. The minimum absolute atomic E-state index is 0. The van der Waals surface area contributed by atoms with Crippen molar-refractivity contribution in [3.05, 3.63) is 35.8 Å². The molecule has 5 N–H and O–H groups in total. The second kappa shape index (κ2) is 36.7. The number of nitrogens with one attached hydrogen (secondary N) is 4. The van der Waals surface area contributed by atoms with Gasteiger partial charge in [0.25, 0.3) is 0 Å². The number of urea groups is 1. The molecule has 2 amide bonds.